The predicted molar refractivity (Wildman–Crippen MR) is 208 cm³/mol. The van der Waals surface area contributed by atoms with Gasteiger partial charge in [-0.15, -0.1) is 0 Å². The number of unbranched alkanes of at least 4 members (excludes halogenated alkanes) is 2. The van der Waals surface area contributed by atoms with Gasteiger partial charge in [0, 0.05) is 33.5 Å². The van der Waals surface area contributed by atoms with E-state index in [9.17, 15) is 0 Å². The van der Waals surface area contributed by atoms with Gasteiger partial charge in [-0.05, 0) is 121 Å². The minimum atomic E-state index is 1.13. The first-order valence-corrected chi connectivity index (χ1v) is 17.6. The van der Waals surface area contributed by atoms with Crippen molar-refractivity contribution in [2.75, 3.05) is 4.90 Å². The quantitative estimate of drug-likeness (QED) is 0.123. The fraction of sp³-hybridized carbons (Fsp3) is 0.174. The van der Waals surface area contributed by atoms with Gasteiger partial charge in [0.25, 0.3) is 0 Å². The highest BCUT2D eigenvalue weighted by molar-refractivity contribution is 6.09. The van der Waals surface area contributed by atoms with E-state index in [1.807, 2.05) is 6.07 Å². The van der Waals surface area contributed by atoms with Gasteiger partial charge in [-0.1, -0.05) is 112 Å². The number of hydrogen-bond donors (Lipinski definition) is 0. The lowest BCUT2D eigenvalue weighted by molar-refractivity contribution is 0.795. The third-order valence-electron chi connectivity index (χ3n) is 9.33. The molecule has 0 radical (unpaired) electrons. The van der Waals surface area contributed by atoms with E-state index >= 15 is 0 Å². The Morgan fingerprint density at radius 1 is 0.479 bits per heavy atom. The second-order valence-electron chi connectivity index (χ2n) is 12.8. The first kappa shape index (κ1) is 31.3. The summed E-state index contributed by atoms with van der Waals surface area (Å²) in [5.74, 6) is 0. The number of nitrogens with zero attached hydrogens (tertiary/aromatic N) is 2. The van der Waals surface area contributed by atoms with E-state index < -0.39 is 0 Å². The SMILES string of the molecule is CCCCc1ccc2c(c1)c1cc(CCCC)ccc1n2-c1ccc(N(c2ccccc2)c2ccc(C=Cc3ccccc3)cc2)cc1. The van der Waals surface area contributed by atoms with Crippen molar-refractivity contribution in [1.29, 1.82) is 0 Å². The molecule has 0 aliphatic carbocycles. The minimum Gasteiger partial charge on any atom is -0.311 e. The zero-order valence-electron chi connectivity index (χ0n) is 28.1. The third-order valence-corrected chi connectivity index (χ3v) is 9.33. The Morgan fingerprint density at radius 2 is 0.938 bits per heavy atom. The molecule has 1 heterocycles. The molecule has 0 unspecified atom stereocenters. The van der Waals surface area contributed by atoms with Crippen LogP contribution < -0.4 is 4.90 Å². The Balaban J connectivity index is 1.26. The van der Waals surface area contributed by atoms with E-state index in [-0.39, 0.29) is 0 Å². The van der Waals surface area contributed by atoms with Crippen LogP contribution >= 0.6 is 0 Å². The Labute approximate surface area is 285 Å². The molecule has 6 aromatic carbocycles. The molecule has 7 aromatic rings. The first-order chi connectivity index (χ1) is 23.7. The number of benzene rings is 6. The molecule has 2 heteroatoms. The number of hydrogen-bond acceptors (Lipinski definition) is 1. The molecule has 0 saturated heterocycles. The van der Waals surface area contributed by atoms with Crippen LogP contribution in [-0.2, 0) is 12.8 Å². The largest absolute Gasteiger partial charge is 0.311 e. The van der Waals surface area contributed by atoms with Crippen molar-refractivity contribution in [3.05, 3.63) is 168 Å². The van der Waals surface area contributed by atoms with Gasteiger partial charge in [0.2, 0.25) is 0 Å². The second-order valence-corrected chi connectivity index (χ2v) is 12.8. The first-order valence-electron chi connectivity index (χ1n) is 17.6. The van der Waals surface area contributed by atoms with Crippen LogP contribution in [0.3, 0.4) is 0 Å². The molecule has 0 fully saturated rings. The van der Waals surface area contributed by atoms with Gasteiger partial charge in [-0.2, -0.15) is 0 Å². The highest BCUT2D eigenvalue weighted by Crippen LogP contribution is 2.37. The van der Waals surface area contributed by atoms with Crippen LogP contribution in [0.4, 0.5) is 17.1 Å². The number of para-hydroxylation sites is 1. The Hall–Kier alpha value is -5.34. The summed E-state index contributed by atoms with van der Waals surface area (Å²) in [6.07, 6.45) is 11.5. The van der Waals surface area contributed by atoms with Crippen molar-refractivity contribution in [2.24, 2.45) is 0 Å². The van der Waals surface area contributed by atoms with E-state index in [2.05, 4.69) is 175 Å². The molecule has 238 valence electrons. The van der Waals surface area contributed by atoms with Gasteiger partial charge in [0.15, 0.2) is 0 Å². The summed E-state index contributed by atoms with van der Waals surface area (Å²) in [6.45, 7) is 4.54. The summed E-state index contributed by atoms with van der Waals surface area (Å²) in [5.41, 5.74) is 12.3. The summed E-state index contributed by atoms with van der Waals surface area (Å²) in [4.78, 5) is 2.33. The van der Waals surface area contributed by atoms with Crippen molar-refractivity contribution in [1.82, 2.24) is 4.57 Å². The van der Waals surface area contributed by atoms with Crippen LogP contribution in [0.5, 0.6) is 0 Å². The molecule has 2 nitrogen and oxygen atoms in total. The summed E-state index contributed by atoms with van der Waals surface area (Å²) in [6, 6.07) is 53.2. The summed E-state index contributed by atoms with van der Waals surface area (Å²) in [7, 11) is 0. The van der Waals surface area contributed by atoms with Crippen molar-refractivity contribution < 1.29 is 0 Å². The summed E-state index contributed by atoms with van der Waals surface area (Å²) in [5, 5.41) is 2.71. The summed E-state index contributed by atoms with van der Waals surface area (Å²) < 4.78 is 2.45. The standard InChI is InChI=1S/C46H44N2/c1-3-5-13-37-23-31-45-43(33-37)44-34-38(14-6-4-2)24-32-46(44)48(45)42-29-27-41(28-30-42)47(39-17-11-8-12-18-39)40-25-21-36(22-26-40)20-19-35-15-9-7-10-16-35/h7-12,15-34H,3-6,13-14H2,1-2H3. The maximum Gasteiger partial charge on any atom is 0.0541 e. The lowest BCUT2D eigenvalue weighted by Crippen LogP contribution is -2.10. The number of anilines is 3. The number of fused-ring (bicyclic) bond motifs is 3. The maximum absolute atomic E-state index is 2.45. The molecule has 0 spiro atoms. The van der Waals surface area contributed by atoms with Gasteiger partial charge in [0.1, 0.15) is 0 Å². The van der Waals surface area contributed by atoms with Crippen molar-refractivity contribution in [3.8, 4) is 5.69 Å². The average molecular weight is 625 g/mol. The second kappa shape index (κ2) is 14.6. The molecule has 0 bridgehead atoms. The molecule has 0 aliphatic heterocycles. The monoisotopic (exact) mass is 624 g/mol. The van der Waals surface area contributed by atoms with E-state index in [0.717, 1.165) is 29.9 Å². The van der Waals surface area contributed by atoms with Crippen molar-refractivity contribution in [3.63, 3.8) is 0 Å². The van der Waals surface area contributed by atoms with Crippen molar-refractivity contribution in [2.45, 2.75) is 52.4 Å². The van der Waals surface area contributed by atoms with E-state index in [0.29, 0.717) is 0 Å². The van der Waals surface area contributed by atoms with Crippen molar-refractivity contribution >= 4 is 51.0 Å². The van der Waals surface area contributed by atoms with Crippen LogP contribution in [0.25, 0.3) is 39.6 Å². The molecule has 1 aromatic heterocycles. The zero-order valence-corrected chi connectivity index (χ0v) is 28.1. The van der Waals surface area contributed by atoms with Crippen LogP contribution in [-0.4, -0.2) is 4.57 Å². The van der Waals surface area contributed by atoms with Gasteiger partial charge in [0.05, 0.1) is 11.0 Å². The fourth-order valence-corrected chi connectivity index (χ4v) is 6.73. The molecule has 0 amide bonds. The molecule has 7 rings (SSSR count). The average Bonchev–Trinajstić information content (AvgIpc) is 3.47. The van der Waals surface area contributed by atoms with Crippen LogP contribution in [0.2, 0.25) is 0 Å². The number of aromatic nitrogens is 1. The van der Waals surface area contributed by atoms with Crippen LogP contribution in [0.1, 0.15) is 61.8 Å². The number of rotatable bonds is 12. The molecule has 48 heavy (non-hydrogen) atoms. The molecule has 0 aliphatic rings. The highest BCUT2D eigenvalue weighted by Gasteiger charge is 2.16. The molecular weight excluding hydrogens is 581 g/mol. The van der Waals surface area contributed by atoms with E-state index in [1.54, 1.807) is 0 Å². The Bertz CT molecular complexity index is 2050. The number of aryl methyl sites for hydroxylation is 2. The predicted octanol–water partition coefficient (Wildman–Crippen LogP) is 13.1. The van der Waals surface area contributed by atoms with E-state index in [1.165, 1.54) is 75.4 Å². The fourth-order valence-electron chi connectivity index (χ4n) is 6.73. The molecule has 0 saturated carbocycles. The van der Waals surface area contributed by atoms with E-state index in [4.69, 9.17) is 0 Å². The zero-order chi connectivity index (χ0) is 32.7. The van der Waals surface area contributed by atoms with Gasteiger partial charge < -0.3 is 9.47 Å². The van der Waals surface area contributed by atoms with Crippen LogP contribution in [0, 0.1) is 0 Å². The molecule has 0 atom stereocenters. The normalized spacial score (nSPS) is 11.5. The smallest absolute Gasteiger partial charge is 0.0541 e. The Morgan fingerprint density at radius 3 is 1.46 bits per heavy atom. The lowest BCUT2D eigenvalue weighted by atomic mass is 10.0. The molecular formula is C46H44N2. The van der Waals surface area contributed by atoms with Gasteiger partial charge in [-0.3, -0.25) is 0 Å². The highest BCUT2D eigenvalue weighted by atomic mass is 15.1. The van der Waals surface area contributed by atoms with Gasteiger partial charge >= 0.3 is 0 Å². The summed E-state index contributed by atoms with van der Waals surface area (Å²) >= 11 is 0. The lowest BCUT2D eigenvalue weighted by Gasteiger charge is -2.26. The van der Waals surface area contributed by atoms with Gasteiger partial charge in [-0.25, -0.2) is 0 Å². The Kier molecular flexibility index (Phi) is 9.52. The van der Waals surface area contributed by atoms with Crippen LogP contribution in [0.15, 0.2) is 146 Å². The topological polar surface area (TPSA) is 8.17 Å². The third kappa shape index (κ3) is 6.71. The maximum atomic E-state index is 2.45. The minimum absolute atomic E-state index is 1.13. The molecule has 0 N–H and O–H groups in total.